The molecule has 0 saturated carbocycles. The molecule has 0 radical (unpaired) electrons. The molecule has 1 N–H and O–H groups in total. The highest BCUT2D eigenvalue weighted by molar-refractivity contribution is 7.90. The van der Waals surface area contributed by atoms with Crippen LogP contribution in [0.25, 0.3) is 0 Å². The predicted molar refractivity (Wildman–Crippen MR) is 59.0 cm³/mol. The second kappa shape index (κ2) is 4.21. The van der Waals surface area contributed by atoms with Crippen molar-refractivity contribution in [2.75, 3.05) is 0 Å². The fraction of sp³-hybridized carbons (Fsp3) is 0.400. The second-order valence-electron chi connectivity index (χ2n) is 4.35. The first-order valence-electron chi connectivity index (χ1n) is 4.72. The van der Waals surface area contributed by atoms with Crippen LogP contribution in [-0.4, -0.2) is 19.3 Å². The van der Waals surface area contributed by atoms with E-state index >= 15 is 0 Å². The van der Waals surface area contributed by atoms with Gasteiger partial charge in [0.25, 0.3) is 10.0 Å². The summed E-state index contributed by atoms with van der Waals surface area (Å²) >= 11 is 0. The topological polar surface area (TPSA) is 76.1 Å². The number of sulfonamides is 1. The molecular weight excluding hydrogens is 228 g/mol. The quantitative estimate of drug-likeness (QED) is 0.837. The van der Waals surface area contributed by atoms with E-state index in [1.54, 1.807) is 32.9 Å². The lowest BCUT2D eigenvalue weighted by Crippen LogP contribution is -2.39. The zero-order valence-electron chi connectivity index (χ0n) is 9.39. The van der Waals surface area contributed by atoms with Crippen LogP contribution in [0.1, 0.15) is 20.8 Å². The lowest BCUT2D eigenvalue weighted by Gasteiger charge is -2.17. The Morgan fingerprint density at radius 2 is 1.94 bits per heavy atom. The normalized spacial score (nSPS) is 12.2. The van der Waals surface area contributed by atoms with E-state index in [1.165, 1.54) is 12.3 Å². The highest BCUT2D eigenvalue weighted by Crippen LogP contribution is 2.14. The van der Waals surface area contributed by atoms with Crippen molar-refractivity contribution in [2.24, 2.45) is 5.41 Å². The maximum Gasteiger partial charge on any atom is 0.281 e. The van der Waals surface area contributed by atoms with Gasteiger partial charge < -0.3 is 0 Å². The first-order chi connectivity index (χ1) is 7.23. The van der Waals surface area contributed by atoms with E-state index in [1.807, 2.05) is 4.72 Å². The number of hydrogen-bond acceptors (Lipinski definition) is 4. The molecule has 0 bridgehead atoms. The first kappa shape index (κ1) is 12.6. The zero-order valence-corrected chi connectivity index (χ0v) is 10.2. The van der Waals surface area contributed by atoms with Crippen LogP contribution in [0.15, 0.2) is 29.4 Å². The summed E-state index contributed by atoms with van der Waals surface area (Å²) in [5, 5.41) is -0.160. The lowest BCUT2D eigenvalue weighted by atomic mass is 9.96. The van der Waals surface area contributed by atoms with Crippen LogP contribution in [0.2, 0.25) is 0 Å². The Morgan fingerprint density at radius 1 is 1.31 bits per heavy atom. The average molecular weight is 242 g/mol. The Balaban J connectivity index is 2.95. The molecule has 0 aliphatic heterocycles. The van der Waals surface area contributed by atoms with Crippen molar-refractivity contribution in [2.45, 2.75) is 25.8 Å². The number of hydrogen-bond donors (Lipinski definition) is 1. The molecule has 1 aromatic heterocycles. The number of pyridine rings is 1. The van der Waals surface area contributed by atoms with Gasteiger partial charge in [-0.2, -0.15) is 8.42 Å². The molecule has 6 heteroatoms. The van der Waals surface area contributed by atoms with Gasteiger partial charge in [-0.3, -0.25) is 4.79 Å². The molecule has 0 spiro atoms. The summed E-state index contributed by atoms with van der Waals surface area (Å²) in [5.41, 5.74) is -0.762. The third-order valence-electron chi connectivity index (χ3n) is 1.82. The van der Waals surface area contributed by atoms with Gasteiger partial charge in [-0.05, 0) is 12.1 Å². The highest BCUT2D eigenvalue weighted by atomic mass is 32.2. The Labute approximate surface area is 94.9 Å². The van der Waals surface area contributed by atoms with E-state index in [-0.39, 0.29) is 5.03 Å². The maximum absolute atomic E-state index is 11.7. The van der Waals surface area contributed by atoms with Crippen LogP contribution in [0.3, 0.4) is 0 Å². The van der Waals surface area contributed by atoms with Gasteiger partial charge in [-0.25, -0.2) is 9.71 Å². The molecule has 0 fully saturated rings. The number of rotatable bonds is 2. The minimum absolute atomic E-state index is 0.160. The first-order valence-corrected chi connectivity index (χ1v) is 6.20. The van der Waals surface area contributed by atoms with E-state index < -0.39 is 21.3 Å². The fourth-order valence-corrected chi connectivity index (χ4v) is 1.95. The second-order valence-corrected chi connectivity index (χ2v) is 5.98. The van der Waals surface area contributed by atoms with Crippen LogP contribution in [0.4, 0.5) is 0 Å². The predicted octanol–water partition coefficient (Wildman–Crippen LogP) is 0.933. The molecule has 0 aromatic carbocycles. The van der Waals surface area contributed by atoms with Crippen LogP contribution >= 0.6 is 0 Å². The van der Waals surface area contributed by atoms with Crippen LogP contribution < -0.4 is 4.72 Å². The Hall–Kier alpha value is -1.43. The Bertz CT molecular complexity index is 475. The number of aromatic nitrogens is 1. The minimum Gasteiger partial charge on any atom is -0.273 e. The van der Waals surface area contributed by atoms with Crippen LogP contribution in [0.5, 0.6) is 0 Å². The van der Waals surface area contributed by atoms with Crippen molar-refractivity contribution >= 4 is 15.9 Å². The smallest absolute Gasteiger partial charge is 0.273 e. The molecule has 16 heavy (non-hydrogen) atoms. The summed E-state index contributed by atoms with van der Waals surface area (Å²) in [5.74, 6) is -0.557. The monoisotopic (exact) mass is 242 g/mol. The number of nitrogens with one attached hydrogen (secondary N) is 1. The van der Waals surface area contributed by atoms with Gasteiger partial charge in [0.2, 0.25) is 5.91 Å². The summed E-state index contributed by atoms with van der Waals surface area (Å²) in [6.45, 7) is 4.91. The number of carbonyl (C=O) groups excluding carboxylic acids is 1. The Morgan fingerprint density at radius 3 is 2.38 bits per heavy atom. The minimum atomic E-state index is -3.85. The molecule has 0 saturated heterocycles. The highest BCUT2D eigenvalue weighted by Gasteiger charge is 2.27. The van der Waals surface area contributed by atoms with Crippen molar-refractivity contribution in [3.63, 3.8) is 0 Å². The van der Waals surface area contributed by atoms with Crippen molar-refractivity contribution < 1.29 is 13.2 Å². The molecule has 5 nitrogen and oxygen atoms in total. The number of carbonyl (C=O) groups is 1. The van der Waals surface area contributed by atoms with Crippen LogP contribution in [0, 0.1) is 5.41 Å². The van der Waals surface area contributed by atoms with E-state index in [2.05, 4.69) is 4.98 Å². The average Bonchev–Trinajstić information content (AvgIpc) is 2.17. The summed E-state index contributed by atoms with van der Waals surface area (Å²) in [6.07, 6.45) is 1.36. The van der Waals surface area contributed by atoms with Crippen molar-refractivity contribution in [3.8, 4) is 0 Å². The lowest BCUT2D eigenvalue weighted by molar-refractivity contribution is -0.126. The largest absolute Gasteiger partial charge is 0.281 e. The molecule has 0 atom stereocenters. The fourth-order valence-electron chi connectivity index (χ4n) is 0.833. The van der Waals surface area contributed by atoms with E-state index in [9.17, 15) is 13.2 Å². The number of amides is 1. The third kappa shape index (κ3) is 3.03. The molecule has 88 valence electrons. The molecule has 1 amide bonds. The molecular formula is C10H14N2O3S. The zero-order chi connectivity index (χ0) is 12.4. The van der Waals surface area contributed by atoms with Gasteiger partial charge in [-0.1, -0.05) is 26.8 Å². The molecule has 0 aliphatic carbocycles. The third-order valence-corrected chi connectivity index (χ3v) is 3.07. The van der Waals surface area contributed by atoms with Gasteiger partial charge >= 0.3 is 0 Å². The Kier molecular flexibility index (Phi) is 3.32. The maximum atomic E-state index is 11.7. The molecule has 1 aromatic rings. The molecule has 0 aliphatic rings. The van der Waals surface area contributed by atoms with E-state index in [0.29, 0.717) is 0 Å². The summed E-state index contributed by atoms with van der Waals surface area (Å²) in [7, 11) is -3.85. The SMILES string of the molecule is CC(C)(C)C(=O)NS(=O)(=O)c1ccccn1. The summed E-state index contributed by atoms with van der Waals surface area (Å²) in [4.78, 5) is 15.2. The van der Waals surface area contributed by atoms with Gasteiger partial charge in [0.1, 0.15) is 0 Å². The van der Waals surface area contributed by atoms with E-state index in [4.69, 9.17) is 0 Å². The molecule has 0 unspecified atom stereocenters. The van der Waals surface area contributed by atoms with Crippen molar-refractivity contribution in [3.05, 3.63) is 24.4 Å². The van der Waals surface area contributed by atoms with Gasteiger partial charge in [-0.15, -0.1) is 0 Å². The summed E-state index contributed by atoms with van der Waals surface area (Å²) in [6, 6.07) is 4.48. The van der Waals surface area contributed by atoms with E-state index in [0.717, 1.165) is 0 Å². The van der Waals surface area contributed by atoms with Gasteiger partial charge in [0, 0.05) is 11.6 Å². The van der Waals surface area contributed by atoms with Gasteiger partial charge in [0.15, 0.2) is 5.03 Å². The van der Waals surface area contributed by atoms with Crippen molar-refractivity contribution in [1.29, 1.82) is 0 Å². The molecule has 1 rings (SSSR count). The van der Waals surface area contributed by atoms with Gasteiger partial charge in [0.05, 0.1) is 0 Å². The summed E-state index contributed by atoms with van der Waals surface area (Å²) < 4.78 is 25.4. The number of nitrogens with zero attached hydrogens (tertiary/aromatic N) is 1. The van der Waals surface area contributed by atoms with Crippen molar-refractivity contribution in [1.82, 2.24) is 9.71 Å². The molecule has 1 heterocycles. The standard InChI is InChI=1S/C10H14N2O3S/c1-10(2,3)9(13)12-16(14,15)8-6-4-5-7-11-8/h4-7H,1-3H3,(H,12,13). The van der Waals surface area contributed by atoms with Crippen LogP contribution in [-0.2, 0) is 14.8 Å².